The largest absolute Gasteiger partial charge is 0.491 e. The second-order valence-electron chi connectivity index (χ2n) is 7.47. The standard InChI is InChI=1S/C21H21Cl3N3O9P.Ca/c1-10-5-15(28)17-19(14(24)8-26-21(17)35-9-16(29)20(30)25-2)27(10)18-12(22)6-11(7-13(18)23)34-3-4-36-37(31,32)33;/h5-8,16,29H,3-4,9H2,1-2H3,(H,25,30)(H2,31,32,33);/t16-;/m0./s1. The molecule has 0 unspecified atom stereocenters. The summed E-state index contributed by atoms with van der Waals surface area (Å²) in [5.74, 6) is -0.657. The number of amides is 1. The number of halogens is 3. The van der Waals surface area contributed by atoms with E-state index in [1.54, 1.807) is 6.92 Å². The molecule has 2 radical (unpaired) electrons. The van der Waals surface area contributed by atoms with Crippen molar-refractivity contribution < 1.29 is 38.3 Å². The van der Waals surface area contributed by atoms with Gasteiger partial charge < -0.3 is 34.3 Å². The van der Waals surface area contributed by atoms with E-state index in [0.717, 1.165) is 0 Å². The van der Waals surface area contributed by atoms with Crippen LogP contribution in [0.4, 0.5) is 0 Å². The molecule has 0 bridgehead atoms. The molecule has 0 saturated heterocycles. The Bertz CT molecular complexity index is 1430. The van der Waals surface area contributed by atoms with E-state index < -0.39 is 31.9 Å². The molecule has 2 aromatic heterocycles. The summed E-state index contributed by atoms with van der Waals surface area (Å²) in [5.41, 5.74) is 0.336. The quantitative estimate of drug-likeness (QED) is 0.147. The SMILES string of the molecule is CNC(=O)[C@@H](O)COc1ncc(Cl)c2c1c(=O)cc(C)n2-c1c(Cl)cc(OCCOP(=O)(O)O)cc1Cl.[Ca]. The maximum Gasteiger partial charge on any atom is 0.469 e. The van der Waals surface area contributed by atoms with Gasteiger partial charge in [0.05, 0.1) is 39.1 Å². The first-order chi connectivity index (χ1) is 17.3. The fourth-order valence-corrected chi connectivity index (χ4v) is 4.53. The number of hydrogen-bond donors (Lipinski definition) is 4. The van der Waals surface area contributed by atoms with Crippen LogP contribution >= 0.6 is 42.6 Å². The number of nitrogens with one attached hydrogen (secondary N) is 1. The third-order valence-electron chi connectivity index (χ3n) is 4.89. The minimum Gasteiger partial charge on any atom is -0.491 e. The van der Waals surface area contributed by atoms with E-state index in [9.17, 15) is 19.3 Å². The van der Waals surface area contributed by atoms with E-state index in [1.807, 2.05) is 0 Å². The van der Waals surface area contributed by atoms with Crippen LogP contribution in [0.15, 0.2) is 29.2 Å². The van der Waals surface area contributed by atoms with Gasteiger partial charge in [0.1, 0.15) is 24.3 Å². The van der Waals surface area contributed by atoms with Gasteiger partial charge in [-0.1, -0.05) is 34.8 Å². The molecule has 0 saturated carbocycles. The number of benzene rings is 1. The van der Waals surface area contributed by atoms with Crippen molar-refractivity contribution in [3.05, 3.63) is 55.4 Å². The molecule has 202 valence electrons. The number of fused-ring (bicyclic) bond motifs is 1. The van der Waals surface area contributed by atoms with Gasteiger partial charge >= 0.3 is 7.82 Å². The number of nitrogens with zero attached hydrogens (tertiary/aromatic N) is 2. The third-order valence-corrected chi connectivity index (χ3v) is 6.26. The summed E-state index contributed by atoms with van der Waals surface area (Å²) in [6, 6.07) is 4.12. The summed E-state index contributed by atoms with van der Waals surface area (Å²) in [6.07, 6.45) is -0.269. The average Bonchev–Trinajstić information content (AvgIpc) is 2.81. The number of aromatic nitrogens is 2. The summed E-state index contributed by atoms with van der Waals surface area (Å²) >= 11 is 19.5. The van der Waals surface area contributed by atoms with Gasteiger partial charge in [-0.25, -0.2) is 9.55 Å². The molecule has 4 N–H and O–H groups in total. The number of pyridine rings is 2. The van der Waals surface area contributed by atoms with Gasteiger partial charge in [0.25, 0.3) is 5.91 Å². The molecular formula is C21H21CaCl3N3O9P. The zero-order valence-corrected chi connectivity index (χ0v) is 25.4. The Morgan fingerprint density at radius 2 is 1.76 bits per heavy atom. The van der Waals surface area contributed by atoms with Gasteiger partial charge in [-0.15, -0.1) is 0 Å². The number of rotatable bonds is 10. The first-order valence-electron chi connectivity index (χ1n) is 10.4. The molecule has 2 heterocycles. The zero-order chi connectivity index (χ0) is 27.5. The van der Waals surface area contributed by atoms with Crippen LogP contribution in [0.3, 0.4) is 0 Å². The summed E-state index contributed by atoms with van der Waals surface area (Å²) < 4.78 is 27.5. The van der Waals surface area contributed by atoms with E-state index in [2.05, 4.69) is 14.8 Å². The molecule has 38 heavy (non-hydrogen) atoms. The van der Waals surface area contributed by atoms with E-state index in [-0.39, 0.29) is 94.2 Å². The fraction of sp³-hybridized carbons (Fsp3) is 0.286. The molecule has 1 aromatic carbocycles. The maximum atomic E-state index is 12.9. The molecule has 1 amide bonds. The molecule has 0 aliphatic heterocycles. The van der Waals surface area contributed by atoms with E-state index in [0.29, 0.717) is 5.69 Å². The first kappa shape index (κ1) is 33.1. The van der Waals surface area contributed by atoms with Crippen molar-refractivity contribution in [2.24, 2.45) is 0 Å². The summed E-state index contributed by atoms with van der Waals surface area (Å²) in [7, 11) is -3.29. The minimum absolute atomic E-state index is 0. The monoisotopic (exact) mass is 635 g/mol. The fourth-order valence-electron chi connectivity index (χ4n) is 3.36. The molecule has 0 spiro atoms. The predicted octanol–water partition coefficient (Wildman–Crippen LogP) is 2.25. The maximum absolute atomic E-state index is 12.9. The van der Waals surface area contributed by atoms with Crippen molar-refractivity contribution in [1.29, 1.82) is 0 Å². The molecule has 3 aromatic rings. The van der Waals surface area contributed by atoms with Crippen LogP contribution in [-0.4, -0.2) is 101 Å². The predicted molar refractivity (Wildman–Crippen MR) is 142 cm³/mol. The Labute approximate surface area is 261 Å². The molecular weight excluding hydrogens is 616 g/mol. The van der Waals surface area contributed by atoms with Crippen molar-refractivity contribution >= 4 is 97.2 Å². The first-order valence-corrected chi connectivity index (χ1v) is 13.1. The van der Waals surface area contributed by atoms with Crippen LogP contribution in [0.1, 0.15) is 5.69 Å². The van der Waals surface area contributed by atoms with Crippen molar-refractivity contribution in [2.45, 2.75) is 13.0 Å². The number of ether oxygens (including phenoxy) is 2. The molecule has 1 atom stereocenters. The van der Waals surface area contributed by atoms with E-state index >= 15 is 0 Å². The molecule has 0 aliphatic carbocycles. The molecule has 0 aliphatic rings. The van der Waals surface area contributed by atoms with Crippen LogP contribution in [-0.2, 0) is 13.9 Å². The van der Waals surface area contributed by atoms with Gasteiger partial charge in [0.15, 0.2) is 11.5 Å². The van der Waals surface area contributed by atoms with Crippen LogP contribution in [0.25, 0.3) is 16.6 Å². The Morgan fingerprint density at radius 1 is 1.13 bits per heavy atom. The molecule has 17 heteroatoms. The van der Waals surface area contributed by atoms with E-state index in [4.69, 9.17) is 54.1 Å². The Balaban J connectivity index is 0.00000507. The number of phosphoric ester groups is 1. The van der Waals surface area contributed by atoms with Gasteiger partial charge in [-0.3, -0.25) is 14.1 Å². The third kappa shape index (κ3) is 7.95. The Morgan fingerprint density at radius 3 is 2.34 bits per heavy atom. The van der Waals surface area contributed by atoms with Crippen LogP contribution in [0.5, 0.6) is 11.6 Å². The van der Waals surface area contributed by atoms with E-state index in [1.165, 1.54) is 36.0 Å². The van der Waals surface area contributed by atoms with Crippen LogP contribution in [0.2, 0.25) is 15.1 Å². The number of carbonyl (C=O) groups is 1. The minimum atomic E-state index is -4.64. The second kappa shape index (κ2) is 14.0. The topological polar surface area (TPSA) is 169 Å². The smallest absolute Gasteiger partial charge is 0.469 e. The van der Waals surface area contributed by atoms with Crippen LogP contribution in [0, 0.1) is 6.92 Å². The van der Waals surface area contributed by atoms with Gasteiger partial charge in [-0.05, 0) is 6.92 Å². The van der Waals surface area contributed by atoms with Gasteiger partial charge in [-0.2, -0.15) is 0 Å². The second-order valence-corrected chi connectivity index (χ2v) is 9.93. The van der Waals surface area contributed by atoms with Gasteiger partial charge in [0, 0.05) is 68.7 Å². The number of phosphoric acid groups is 1. The van der Waals surface area contributed by atoms with Crippen LogP contribution < -0.4 is 20.2 Å². The molecule has 12 nitrogen and oxygen atoms in total. The Hall–Kier alpha value is -1.15. The number of likely N-dealkylation sites (N-methyl/N-ethyl adjacent to an activating group) is 1. The van der Waals surface area contributed by atoms with Gasteiger partial charge in [0.2, 0.25) is 5.88 Å². The van der Waals surface area contributed by atoms with Crippen molar-refractivity contribution in [3.8, 4) is 17.3 Å². The number of hydrogen-bond acceptors (Lipinski definition) is 8. The number of aryl methyl sites for hydroxylation is 1. The van der Waals surface area contributed by atoms with Crippen molar-refractivity contribution in [1.82, 2.24) is 14.9 Å². The normalized spacial score (nSPS) is 12.1. The van der Waals surface area contributed by atoms with Crippen molar-refractivity contribution in [3.63, 3.8) is 0 Å². The number of aliphatic hydroxyl groups is 1. The van der Waals surface area contributed by atoms with Crippen molar-refractivity contribution in [2.75, 3.05) is 26.9 Å². The average molecular weight is 637 g/mol. The molecule has 0 fully saturated rings. The number of aliphatic hydroxyl groups excluding tert-OH is 1. The summed E-state index contributed by atoms with van der Waals surface area (Å²) in [4.78, 5) is 46.1. The molecule has 3 rings (SSSR count). The Kier molecular flexibility index (Phi) is 12.1. The summed E-state index contributed by atoms with van der Waals surface area (Å²) in [5, 5.41) is 12.4. The summed E-state index contributed by atoms with van der Waals surface area (Å²) in [6.45, 7) is 0.571. The number of carbonyl (C=O) groups excluding carboxylic acids is 1. The zero-order valence-electron chi connectivity index (χ0n) is 20.0.